The smallest absolute Gasteiger partial charge is 0.129 e. The number of hydrogen-bond donors (Lipinski definition) is 0. The molecule has 0 spiro atoms. The number of aldehydes is 1. The Labute approximate surface area is 78.1 Å². The van der Waals surface area contributed by atoms with Gasteiger partial charge >= 0.3 is 0 Å². The van der Waals surface area contributed by atoms with E-state index in [0.29, 0.717) is 0 Å². The van der Waals surface area contributed by atoms with Crippen LogP contribution in [0.15, 0.2) is 22.8 Å². The van der Waals surface area contributed by atoms with Crippen molar-refractivity contribution in [3.05, 3.63) is 22.8 Å². The number of carbonyl (C=O) groups excluding carboxylic acids is 1. The van der Waals surface area contributed by atoms with Gasteiger partial charge < -0.3 is 4.79 Å². The molecule has 66 valence electrons. The lowest BCUT2D eigenvalue weighted by Gasteiger charge is -2.23. The van der Waals surface area contributed by atoms with E-state index in [2.05, 4.69) is 0 Å². The molecule has 0 aromatic rings. The minimum absolute atomic E-state index is 0.325. The number of carbonyl (C=O) groups is 1. The maximum absolute atomic E-state index is 10.7. The van der Waals surface area contributed by atoms with E-state index in [1.54, 1.807) is 0 Å². The molecule has 0 bridgehead atoms. The van der Waals surface area contributed by atoms with Gasteiger partial charge in [0.1, 0.15) is 6.29 Å². The van der Waals surface area contributed by atoms with Crippen LogP contribution in [0.25, 0.3) is 0 Å². The van der Waals surface area contributed by atoms with E-state index >= 15 is 0 Å². The molecule has 0 fully saturated rings. The van der Waals surface area contributed by atoms with E-state index in [1.807, 2.05) is 26.0 Å². The first-order valence-electron chi connectivity index (χ1n) is 4.08. The monoisotopic (exact) mass is 184 g/mol. The summed E-state index contributed by atoms with van der Waals surface area (Å²) in [6.07, 6.45) is 6.60. The van der Waals surface area contributed by atoms with Gasteiger partial charge in [-0.25, -0.2) is 0 Å². The van der Waals surface area contributed by atoms with Crippen molar-refractivity contribution in [2.45, 2.75) is 26.7 Å². The van der Waals surface area contributed by atoms with E-state index in [1.165, 1.54) is 5.57 Å². The molecule has 0 amide bonds. The molecule has 0 atom stereocenters. The van der Waals surface area contributed by atoms with Crippen LogP contribution in [-0.2, 0) is 4.79 Å². The molecule has 0 radical (unpaired) electrons. The molecule has 0 aromatic heterocycles. The van der Waals surface area contributed by atoms with E-state index in [0.717, 1.165) is 24.2 Å². The normalized spacial score (nSPS) is 18.2. The molecule has 0 saturated carbocycles. The van der Waals surface area contributed by atoms with E-state index in [9.17, 15) is 4.79 Å². The first-order chi connectivity index (χ1) is 5.56. The number of hydrogen-bond acceptors (Lipinski definition) is 1. The summed E-state index contributed by atoms with van der Waals surface area (Å²) in [4.78, 5) is 10.7. The lowest BCUT2D eigenvalue weighted by molar-refractivity contribution is -0.113. The van der Waals surface area contributed by atoms with Crippen LogP contribution in [0.1, 0.15) is 26.7 Å². The highest BCUT2D eigenvalue weighted by Gasteiger charge is 2.23. The zero-order valence-electron chi connectivity index (χ0n) is 7.43. The Morgan fingerprint density at radius 2 is 2.08 bits per heavy atom. The highest BCUT2D eigenvalue weighted by atomic mass is 35.5. The predicted octanol–water partition coefficient (Wildman–Crippen LogP) is 3.05. The minimum atomic E-state index is -0.325. The fourth-order valence-corrected chi connectivity index (χ4v) is 1.38. The number of halogens is 1. The SMILES string of the molecule is CC(C)(C=O)C1=CC=C(Cl)CC1. The number of allylic oxidation sites excluding steroid dienone is 4. The summed E-state index contributed by atoms with van der Waals surface area (Å²) in [5, 5.41) is 0.875. The van der Waals surface area contributed by atoms with Gasteiger partial charge in [-0.2, -0.15) is 0 Å². The van der Waals surface area contributed by atoms with Gasteiger partial charge in [0.05, 0.1) is 0 Å². The van der Waals surface area contributed by atoms with Crippen LogP contribution in [0.2, 0.25) is 0 Å². The molecule has 1 rings (SSSR count). The molecule has 0 heterocycles. The van der Waals surface area contributed by atoms with Gasteiger partial charge in [0, 0.05) is 10.4 Å². The molecule has 0 N–H and O–H groups in total. The van der Waals surface area contributed by atoms with Crippen LogP contribution < -0.4 is 0 Å². The molecule has 1 nitrogen and oxygen atoms in total. The molecule has 2 heteroatoms. The largest absolute Gasteiger partial charge is 0.302 e. The Balaban J connectivity index is 2.84. The molecule has 0 aliphatic heterocycles. The molecule has 0 saturated heterocycles. The second-order valence-corrected chi connectivity index (χ2v) is 4.13. The molecular weight excluding hydrogens is 172 g/mol. The molecular formula is C10H13ClO. The lowest BCUT2D eigenvalue weighted by Crippen LogP contribution is -2.17. The quantitative estimate of drug-likeness (QED) is 0.603. The van der Waals surface area contributed by atoms with Crippen LogP contribution in [-0.4, -0.2) is 6.29 Å². The standard InChI is InChI=1S/C10H13ClO/c1-10(2,7-12)8-3-5-9(11)6-4-8/h3,5,7H,4,6H2,1-2H3. The Kier molecular flexibility index (Phi) is 2.73. The summed E-state index contributed by atoms with van der Waals surface area (Å²) in [7, 11) is 0. The average Bonchev–Trinajstić information content (AvgIpc) is 2.05. The highest BCUT2D eigenvalue weighted by molar-refractivity contribution is 6.29. The van der Waals surface area contributed by atoms with Crippen molar-refractivity contribution in [1.29, 1.82) is 0 Å². The second-order valence-electron chi connectivity index (χ2n) is 3.64. The molecule has 1 aliphatic rings. The van der Waals surface area contributed by atoms with Gasteiger partial charge in [0.25, 0.3) is 0 Å². The van der Waals surface area contributed by atoms with Gasteiger partial charge in [-0.1, -0.05) is 23.3 Å². The Bertz CT molecular complexity index is 249. The minimum Gasteiger partial charge on any atom is -0.302 e. The van der Waals surface area contributed by atoms with Crippen molar-refractivity contribution in [3.63, 3.8) is 0 Å². The first-order valence-corrected chi connectivity index (χ1v) is 4.46. The number of rotatable bonds is 2. The fraction of sp³-hybridized carbons (Fsp3) is 0.500. The molecule has 12 heavy (non-hydrogen) atoms. The molecule has 0 unspecified atom stereocenters. The molecule has 0 aromatic carbocycles. The van der Waals surface area contributed by atoms with Crippen molar-refractivity contribution in [2.24, 2.45) is 5.41 Å². The van der Waals surface area contributed by atoms with Crippen molar-refractivity contribution >= 4 is 17.9 Å². The van der Waals surface area contributed by atoms with Crippen LogP contribution in [0.4, 0.5) is 0 Å². The van der Waals surface area contributed by atoms with Crippen LogP contribution >= 0.6 is 11.6 Å². The van der Waals surface area contributed by atoms with E-state index in [4.69, 9.17) is 11.6 Å². The summed E-state index contributed by atoms with van der Waals surface area (Å²) >= 11 is 5.80. The first kappa shape index (κ1) is 9.53. The summed E-state index contributed by atoms with van der Waals surface area (Å²) < 4.78 is 0. The summed E-state index contributed by atoms with van der Waals surface area (Å²) in [5.41, 5.74) is 0.843. The van der Waals surface area contributed by atoms with Crippen molar-refractivity contribution < 1.29 is 4.79 Å². The Hall–Kier alpha value is -0.560. The van der Waals surface area contributed by atoms with Crippen molar-refractivity contribution in [2.75, 3.05) is 0 Å². The highest BCUT2D eigenvalue weighted by Crippen LogP contribution is 2.32. The third kappa shape index (κ3) is 1.98. The topological polar surface area (TPSA) is 17.1 Å². The second kappa shape index (κ2) is 3.44. The van der Waals surface area contributed by atoms with Crippen LogP contribution in [0.5, 0.6) is 0 Å². The molecule has 1 aliphatic carbocycles. The van der Waals surface area contributed by atoms with Gasteiger partial charge in [-0.15, -0.1) is 0 Å². The predicted molar refractivity (Wildman–Crippen MR) is 51.1 cm³/mol. The average molecular weight is 185 g/mol. The van der Waals surface area contributed by atoms with Gasteiger partial charge in [-0.3, -0.25) is 0 Å². The summed E-state index contributed by atoms with van der Waals surface area (Å²) in [5.74, 6) is 0. The fourth-order valence-electron chi connectivity index (χ4n) is 1.22. The zero-order valence-corrected chi connectivity index (χ0v) is 8.19. The third-order valence-corrected chi connectivity index (χ3v) is 2.54. The zero-order chi connectivity index (χ0) is 9.19. The van der Waals surface area contributed by atoms with E-state index in [-0.39, 0.29) is 5.41 Å². The maximum Gasteiger partial charge on any atom is 0.129 e. The Morgan fingerprint density at radius 1 is 1.42 bits per heavy atom. The van der Waals surface area contributed by atoms with Gasteiger partial charge in [0.15, 0.2) is 0 Å². The van der Waals surface area contributed by atoms with Gasteiger partial charge in [-0.05, 0) is 32.8 Å². The third-order valence-electron chi connectivity index (χ3n) is 2.22. The summed E-state index contributed by atoms with van der Waals surface area (Å²) in [6.45, 7) is 3.86. The van der Waals surface area contributed by atoms with E-state index < -0.39 is 0 Å². The van der Waals surface area contributed by atoms with Crippen LogP contribution in [0, 0.1) is 5.41 Å². The Morgan fingerprint density at radius 3 is 2.50 bits per heavy atom. The van der Waals surface area contributed by atoms with Crippen molar-refractivity contribution in [3.8, 4) is 0 Å². The maximum atomic E-state index is 10.7. The summed E-state index contributed by atoms with van der Waals surface area (Å²) in [6, 6.07) is 0. The van der Waals surface area contributed by atoms with Crippen LogP contribution in [0.3, 0.4) is 0 Å². The van der Waals surface area contributed by atoms with Gasteiger partial charge in [0.2, 0.25) is 0 Å². The van der Waals surface area contributed by atoms with Crippen molar-refractivity contribution in [1.82, 2.24) is 0 Å². The lowest BCUT2D eigenvalue weighted by atomic mass is 9.81.